The van der Waals surface area contributed by atoms with E-state index in [2.05, 4.69) is 86.8 Å². The second-order valence-electron chi connectivity index (χ2n) is 21.1. The Kier molecular flexibility index (Phi) is 49.5. The van der Waals surface area contributed by atoms with E-state index in [4.69, 9.17) is 14.2 Å². The predicted octanol–water partition coefficient (Wildman–Crippen LogP) is 14.7. The first-order valence-corrected chi connectivity index (χ1v) is 31.0. The van der Waals surface area contributed by atoms with Gasteiger partial charge in [-0.2, -0.15) is 0 Å². The molecule has 77 heavy (non-hydrogen) atoms. The first kappa shape index (κ1) is 71.6. The van der Waals surface area contributed by atoms with Gasteiger partial charge in [-0.1, -0.05) is 246 Å². The van der Waals surface area contributed by atoms with Crippen molar-refractivity contribution in [2.45, 2.75) is 294 Å². The molecule has 0 aliphatic carbocycles. The van der Waals surface area contributed by atoms with Gasteiger partial charge in [-0.05, 0) is 89.9 Å². The van der Waals surface area contributed by atoms with E-state index in [1.807, 2.05) is 30.4 Å². The molecule has 1 amide bonds. The maximum absolute atomic E-state index is 13.4. The normalized spacial score (nSPS) is 19.7. The van der Waals surface area contributed by atoms with Gasteiger partial charge in [-0.3, -0.25) is 9.59 Å². The van der Waals surface area contributed by atoms with E-state index >= 15 is 0 Å². The van der Waals surface area contributed by atoms with Crippen molar-refractivity contribution >= 4 is 11.9 Å². The van der Waals surface area contributed by atoms with Gasteiger partial charge in [0, 0.05) is 6.42 Å². The van der Waals surface area contributed by atoms with E-state index in [0.717, 1.165) is 116 Å². The monoisotopic (exact) mass is 1080 g/mol. The van der Waals surface area contributed by atoms with Crippen molar-refractivity contribution in [3.8, 4) is 0 Å². The summed E-state index contributed by atoms with van der Waals surface area (Å²) in [5.41, 5.74) is 0. The molecule has 0 aromatic carbocycles. The number of allylic oxidation sites excluding steroid dienone is 15. The van der Waals surface area contributed by atoms with E-state index in [1.54, 1.807) is 6.08 Å². The zero-order valence-electron chi connectivity index (χ0n) is 48.8. The molecular formula is C66H113NO10. The van der Waals surface area contributed by atoms with Crippen LogP contribution in [0.15, 0.2) is 97.2 Å². The molecule has 1 fully saturated rings. The molecule has 11 nitrogen and oxygen atoms in total. The van der Waals surface area contributed by atoms with Gasteiger partial charge in [-0.25, -0.2) is 0 Å². The molecule has 1 rings (SSSR count). The average Bonchev–Trinajstić information content (AvgIpc) is 3.43. The number of hydrogen-bond acceptors (Lipinski definition) is 10. The minimum Gasteiger partial charge on any atom is -0.454 e. The van der Waals surface area contributed by atoms with Crippen molar-refractivity contribution in [3.05, 3.63) is 97.2 Å². The van der Waals surface area contributed by atoms with E-state index in [9.17, 15) is 35.1 Å². The minimum atomic E-state index is -1.63. The molecule has 0 radical (unpaired) electrons. The van der Waals surface area contributed by atoms with Gasteiger partial charge in [0.2, 0.25) is 5.91 Å². The van der Waals surface area contributed by atoms with Crippen molar-refractivity contribution in [1.29, 1.82) is 0 Å². The molecule has 0 aromatic heterocycles. The number of nitrogens with one attached hydrogen (secondary N) is 1. The number of esters is 1. The Labute approximate surface area is 469 Å². The highest BCUT2D eigenvalue weighted by atomic mass is 16.7. The van der Waals surface area contributed by atoms with Crippen LogP contribution in [0, 0.1) is 0 Å². The van der Waals surface area contributed by atoms with Gasteiger partial charge in [-0.15, -0.1) is 0 Å². The van der Waals surface area contributed by atoms with Crippen LogP contribution in [-0.2, 0) is 23.8 Å². The summed E-state index contributed by atoms with van der Waals surface area (Å²) < 4.78 is 17.6. The van der Waals surface area contributed by atoms with E-state index in [-0.39, 0.29) is 19.4 Å². The molecule has 1 heterocycles. The summed E-state index contributed by atoms with van der Waals surface area (Å²) in [6.07, 6.45) is 60.2. The molecule has 0 spiro atoms. The highest BCUT2D eigenvalue weighted by molar-refractivity contribution is 5.80. The zero-order valence-corrected chi connectivity index (χ0v) is 48.8. The quantitative estimate of drug-likeness (QED) is 0.0149. The lowest BCUT2D eigenvalue weighted by atomic mass is 9.99. The summed E-state index contributed by atoms with van der Waals surface area (Å²) in [5, 5.41) is 56.9. The van der Waals surface area contributed by atoms with Crippen LogP contribution in [0.1, 0.15) is 245 Å². The minimum absolute atomic E-state index is 0.104. The van der Waals surface area contributed by atoms with Crippen LogP contribution < -0.4 is 5.32 Å². The Morgan fingerprint density at radius 1 is 0.532 bits per heavy atom. The van der Waals surface area contributed by atoms with Crippen LogP contribution in [0.5, 0.6) is 0 Å². The summed E-state index contributed by atoms with van der Waals surface area (Å²) in [6, 6.07) is -1.04. The Bertz CT molecular complexity index is 1620. The Balaban J connectivity index is 2.67. The van der Waals surface area contributed by atoms with Crippen molar-refractivity contribution in [2.24, 2.45) is 0 Å². The van der Waals surface area contributed by atoms with Crippen LogP contribution >= 0.6 is 0 Å². The molecule has 8 atom stereocenters. The third-order valence-electron chi connectivity index (χ3n) is 14.0. The van der Waals surface area contributed by atoms with Crippen LogP contribution in [0.25, 0.3) is 0 Å². The fourth-order valence-corrected chi connectivity index (χ4v) is 9.10. The van der Waals surface area contributed by atoms with E-state index < -0.39 is 67.4 Å². The Morgan fingerprint density at radius 3 is 1.53 bits per heavy atom. The average molecular weight is 1080 g/mol. The number of aliphatic hydroxyl groups is 5. The largest absolute Gasteiger partial charge is 0.454 e. The molecule has 442 valence electrons. The lowest BCUT2D eigenvalue weighted by Crippen LogP contribution is -2.61. The van der Waals surface area contributed by atoms with Gasteiger partial charge in [0.1, 0.15) is 24.4 Å². The fourth-order valence-electron chi connectivity index (χ4n) is 9.10. The first-order chi connectivity index (χ1) is 37.7. The molecule has 6 N–H and O–H groups in total. The zero-order chi connectivity index (χ0) is 56.1. The molecule has 1 aliphatic rings. The number of ether oxygens (including phenoxy) is 3. The fraction of sp³-hybridized carbons (Fsp3) is 0.727. The number of carbonyl (C=O) groups excluding carboxylic acids is 2. The summed E-state index contributed by atoms with van der Waals surface area (Å²) in [5.74, 6) is -1.23. The molecule has 1 saturated heterocycles. The number of unbranched alkanes of at least 4 members (excludes halogenated alkanes) is 25. The van der Waals surface area contributed by atoms with Crippen LogP contribution in [-0.4, -0.2) is 99.6 Å². The van der Waals surface area contributed by atoms with E-state index in [0.29, 0.717) is 12.8 Å². The van der Waals surface area contributed by atoms with Crippen molar-refractivity contribution in [3.63, 3.8) is 0 Å². The second-order valence-corrected chi connectivity index (χ2v) is 21.1. The van der Waals surface area contributed by atoms with Crippen LogP contribution in [0.2, 0.25) is 0 Å². The molecule has 1 aliphatic heterocycles. The van der Waals surface area contributed by atoms with Gasteiger partial charge in [0.15, 0.2) is 12.4 Å². The van der Waals surface area contributed by atoms with Gasteiger partial charge in [0.25, 0.3) is 0 Å². The van der Waals surface area contributed by atoms with E-state index in [1.165, 1.54) is 83.5 Å². The summed E-state index contributed by atoms with van der Waals surface area (Å²) in [4.78, 5) is 26.5. The van der Waals surface area contributed by atoms with Gasteiger partial charge >= 0.3 is 5.97 Å². The molecule has 8 unspecified atom stereocenters. The van der Waals surface area contributed by atoms with Gasteiger partial charge in [0.05, 0.1) is 25.4 Å². The Morgan fingerprint density at radius 2 is 0.987 bits per heavy atom. The summed E-state index contributed by atoms with van der Waals surface area (Å²) >= 11 is 0. The lowest BCUT2D eigenvalue weighted by Gasteiger charge is -2.41. The van der Waals surface area contributed by atoms with Crippen LogP contribution in [0.3, 0.4) is 0 Å². The third kappa shape index (κ3) is 41.3. The highest BCUT2D eigenvalue weighted by Crippen LogP contribution is 2.26. The maximum atomic E-state index is 13.4. The molecule has 0 saturated carbocycles. The van der Waals surface area contributed by atoms with Crippen molar-refractivity contribution in [2.75, 3.05) is 13.2 Å². The molecule has 11 heteroatoms. The summed E-state index contributed by atoms with van der Waals surface area (Å²) in [6.45, 7) is 5.60. The number of aliphatic hydroxyl groups excluding tert-OH is 5. The summed E-state index contributed by atoms with van der Waals surface area (Å²) in [7, 11) is 0. The number of carbonyl (C=O) groups is 2. The second kappa shape index (κ2) is 53.2. The number of rotatable bonds is 51. The van der Waals surface area contributed by atoms with Crippen LogP contribution in [0.4, 0.5) is 0 Å². The molecular weight excluding hydrogens is 967 g/mol. The predicted molar refractivity (Wildman–Crippen MR) is 319 cm³/mol. The molecule has 0 aromatic rings. The smallest absolute Gasteiger partial charge is 0.306 e. The number of hydrogen-bond donors (Lipinski definition) is 6. The standard InChI is InChI=1S/C66H113NO10/c1-4-7-10-13-16-19-22-25-26-27-28-29-30-31-32-33-34-36-39-42-45-48-51-54-61(71)77-64-63(73)62(72)60(55-68)76-66(64)75-56-57(58(69)52-49-46-43-40-38-35-23-20-17-14-11-8-5-2)67-65(74)59(70)53-50-47-44-41-37-24-21-18-15-12-9-6-3/h9,12,15-16,18-19,21,24-26,28-29,31-32,49,52,57-60,62-64,66,68-70,72-73H,4-8,10-11,13-14,17,20,22-23,27,30,33-48,50-51,53-56H2,1-3H3,(H,67,74)/b12-9+,18-15+,19-16-,24-21-,26-25-,29-28-,32-31-,52-49+. The first-order valence-electron chi connectivity index (χ1n) is 31.0. The van der Waals surface area contributed by atoms with Gasteiger partial charge < -0.3 is 45.1 Å². The molecule has 0 bridgehead atoms. The topological polar surface area (TPSA) is 175 Å². The van der Waals surface area contributed by atoms with Crippen molar-refractivity contribution in [1.82, 2.24) is 5.32 Å². The lowest BCUT2D eigenvalue weighted by molar-refractivity contribution is -0.305. The Hall–Kier alpha value is -3.42. The number of amides is 1. The van der Waals surface area contributed by atoms with Crippen molar-refractivity contribution < 1.29 is 49.3 Å². The highest BCUT2D eigenvalue weighted by Gasteiger charge is 2.47. The maximum Gasteiger partial charge on any atom is 0.306 e. The SMILES string of the molecule is CC/C=C/C=C/C=C\CCCCCCC(O)C(=O)NC(COC1OC(CO)C(O)C(O)C1OC(=O)CCCCCCCCC/C=C\C/C=C\C/C=C\C/C=C\CCCCC)C(O)/C=C/CCCCCCCCCCCCC. The third-order valence-corrected chi connectivity index (χ3v) is 14.0.